The average Bonchev–Trinajstić information content (AvgIpc) is 3.01. The molecule has 0 aliphatic carbocycles. The van der Waals surface area contributed by atoms with E-state index in [1.54, 1.807) is 23.1 Å². The highest BCUT2D eigenvalue weighted by atomic mass is 16.3. The zero-order valence-electron chi connectivity index (χ0n) is 14.9. The maximum atomic E-state index is 12.2. The van der Waals surface area contributed by atoms with E-state index in [1.165, 1.54) is 0 Å². The van der Waals surface area contributed by atoms with Crippen LogP contribution in [0.5, 0.6) is 0 Å². The zero-order valence-corrected chi connectivity index (χ0v) is 14.9. The predicted molar refractivity (Wildman–Crippen MR) is 97.4 cm³/mol. The summed E-state index contributed by atoms with van der Waals surface area (Å²) in [7, 11) is 0. The summed E-state index contributed by atoms with van der Waals surface area (Å²) in [5.41, 5.74) is 0.00427. The molecule has 25 heavy (non-hydrogen) atoms. The van der Waals surface area contributed by atoms with Crippen LogP contribution in [0, 0.1) is 0 Å². The first kappa shape index (κ1) is 18.9. The van der Waals surface area contributed by atoms with Crippen LogP contribution in [-0.4, -0.2) is 38.0 Å². The van der Waals surface area contributed by atoms with Gasteiger partial charge in [0.15, 0.2) is 0 Å². The lowest BCUT2D eigenvalue weighted by Gasteiger charge is -2.27. The number of rotatable bonds is 9. The minimum Gasteiger partial charge on any atom is -0.388 e. The van der Waals surface area contributed by atoms with Gasteiger partial charge in [-0.2, -0.15) is 5.10 Å². The third kappa shape index (κ3) is 5.86. The van der Waals surface area contributed by atoms with Gasteiger partial charge >= 0.3 is 6.03 Å². The second kappa shape index (κ2) is 9.17. The Labute approximate surface area is 148 Å². The molecular weight excluding hydrogens is 318 g/mol. The molecule has 0 saturated heterocycles. The molecule has 7 heteroatoms. The van der Waals surface area contributed by atoms with Crippen LogP contribution in [0.25, 0.3) is 0 Å². The van der Waals surface area contributed by atoms with Crippen LogP contribution in [0.1, 0.15) is 45.2 Å². The molecule has 0 aromatic carbocycles. The summed E-state index contributed by atoms with van der Waals surface area (Å²) in [4.78, 5) is 16.4. The quantitative estimate of drug-likeness (QED) is 0.651. The first-order chi connectivity index (χ1) is 12.1. The molecule has 2 rings (SSSR count). The van der Waals surface area contributed by atoms with Gasteiger partial charge in [0.05, 0.1) is 24.0 Å². The van der Waals surface area contributed by atoms with Crippen molar-refractivity contribution in [3.05, 3.63) is 42.4 Å². The summed E-state index contributed by atoms with van der Waals surface area (Å²) < 4.78 is 1.67. The van der Waals surface area contributed by atoms with Gasteiger partial charge in [-0.15, -0.1) is 0 Å². The van der Waals surface area contributed by atoms with Crippen LogP contribution in [-0.2, 0) is 6.54 Å². The Balaban J connectivity index is 1.92. The van der Waals surface area contributed by atoms with Gasteiger partial charge in [-0.25, -0.2) is 9.48 Å². The van der Waals surface area contributed by atoms with Crippen molar-refractivity contribution >= 4 is 11.8 Å². The molecular formula is C18H27N5O2. The van der Waals surface area contributed by atoms with E-state index in [2.05, 4.69) is 20.7 Å². The number of anilines is 1. The van der Waals surface area contributed by atoms with E-state index >= 15 is 0 Å². The molecule has 136 valence electrons. The summed E-state index contributed by atoms with van der Waals surface area (Å²) in [6, 6.07) is 7.04. The fourth-order valence-electron chi connectivity index (χ4n) is 2.85. The van der Waals surface area contributed by atoms with Gasteiger partial charge in [0.2, 0.25) is 0 Å². The Kier molecular flexibility index (Phi) is 6.94. The Bertz CT molecular complexity index is 650. The van der Waals surface area contributed by atoms with Gasteiger partial charge in [-0.1, -0.05) is 32.8 Å². The SMILES string of the molecule is CCCC(O)(CCC)CNC(=O)Nc1ccnn1Cc1ccccn1. The van der Waals surface area contributed by atoms with E-state index in [0.29, 0.717) is 25.2 Å². The molecule has 0 atom stereocenters. The van der Waals surface area contributed by atoms with Crippen molar-refractivity contribution in [2.75, 3.05) is 11.9 Å². The van der Waals surface area contributed by atoms with E-state index in [1.807, 2.05) is 32.0 Å². The summed E-state index contributed by atoms with van der Waals surface area (Å²) in [5.74, 6) is 0.581. The monoisotopic (exact) mass is 345 g/mol. The number of carbonyl (C=O) groups excluding carboxylic acids is 1. The highest BCUT2D eigenvalue weighted by molar-refractivity contribution is 5.88. The van der Waals surface area contributed by atoms with E-state index in [0.717, 1.165) is 18.5 Å². The van der Waals surface area contributed by atoms with Crippen molar-refractivity contribution in [2.45, 2.75) is 51.7 Å². The number of aliphatic hydroxyl groups is 1. The standard InChI is InChI=1S/C18H27N5O2/c1-3-9-18(25,10-4-2)14-20-17(24)22-16-8-12-21-23(16)13-15-7-5-6-11-19-15/h5-8,11-12,25H,3-4,9-10,13-14H2,1-2H3,(H2,20,22,24). The predicted octanol–water partition coefficient (Wildman–Crippen LogP) is 2.78. The molecule has 0 saturated carbocycles. The maximum absolute atomic E-state index is 12.2. The van der Waals surface area contributed by atoms with Crippen LogP contribution in [0.15, 0.2) is 36.7 Å². The molecule has 0 spiro atoms. The van der Waals surface area contributed by atoms with Gasteiger partial charge in [0, 0.05) is 18.8 Å². The number of pyridine rings is 1. The largest absolute Gasteiger partial charge is 0.388 e. The number of nitrogens with one attached hydrogen (secondary N) is 2. The van der Waals surface area contributed by atoms with Crippen molar-refractivity contribution < 1.29 is 9.90 Å². The summed E-state index contributed by atoms with van der Waals surface area (Å²) in [5, 5.41) is 20.3. The Hall–Kier alpha value is -2.41. The first-order valence-electron chi connectivity index (χ1n) is 8.75. The molecule has 0 radical (unpaired) electrons. The van der Waals surface area contributed by atoms with E-state index in [4.69, 9.17) is 0 Å². The smallest absolute Gasteiger partial charge is 0.320 e. The van der Waals surface area contributed by atoms with Crippen LogP contribution >= 0.6 is 0 Å². The molecule has 0 aliphatic rings. The molecule has 2 amide bonds. The lowest BCUT2D eigenvalue weighted by molar-refractivity contribution is 0.0245. The van der Waals surface area contributed by atoms with Gasteiger partial charge in [-0.3, -0.25) is 10.3 Å². The number of aromatic nitrogens is 3. The molecule has 0 aliphatic heterocycles. The van der Waals surface area contributed by atoms with Crippen LogP contribution < -0.4 is 10.6 Å². The van der Waals surface area contributed by atoms with E-state index in [9.17, 15) is 9.90 Å². The average molecular weight is 345 g/mol. The van der Waals surface area contributed by atoms with Crippen LogP contribution in [0.2, 0.25) is 0 Å². The first-order valence-corrected chi connectivity index (χ1v) is 8.75. The lowest BCUT2D eigenvalue weighted by atomic mass is 9.93. The zero-order chi connectivity index (χ0) is 18.1. The number of hydrogen-bond acceptors (Lipinski definition) is 4. The maximum Gasteiger partial charge on any atom is 0.320 e. The highest BCUT2D eigenvalue weighted by Crippen LogP contribution is 2.18. The lowest BCUT2D eigenvalue weighted by Crippen LogP contribution is -2.44. The molecule has 2 aromatic heterocycles. The molecule has 3 N–H and O–H groups in total. The molecule has 7 nitrogen and oxygen atoms in total. The number of carbonyl (C=O) groups is 1. The number of amides is 2. The number of hydrogen-bond donors (Lipinski definition) is 3. The second-order valence-electron chi connectivity index (χ2n) is 6.23. The topological polar surface area (TPSA) is 92.1 Å². The molecule has 2 heterocycles. The normalized spacial score (nSPS) is 11.3. The van der Waals surface area contributed by atoms with Crippen molar-refractivity contribution in [1.29, 1.82) is 0 Å². The highest BCUT2D eigenvalue weighted by Gasteiger charge is 2.25. The van der Waals surface area contributed by atoms with Gasteiger partial charge in [0.25, 0.3) is 0 Å². The van der Waals surface area contributed by atoms with Crippen molar-refractivity contribution in [3.63, 3.8) is 0 Å². The Morgan fingerprint density at radius 2 is 1.96 bits per heavy atom. The molecule has 0 fully saturated rings. The summed E-state index contributed by atoms with van der Waals surface area (Å²) in [6.45, 7) is 4.75. The van der Waals surface area contributed by atoms with Crippen LogP contribution in [0.3, 0.4) is 0 Å². The van der Waals surface area contributed by atoms with Crippen molar-refractivity contribution in [1.82, 2.24) is 20.1 Å². The third-order valence-corrected chi connectivity index (χ3v) is 4.00. The summed E-state index contributed by atoms with van der Waals surface area (Å²) >= 11 is 0. The fraction of sp³-hybridized carbons (Fsp3) is 0.500. The van der Waals surface area contributed by atoms with Crippen LogP contribution in [0.4, 0.5) is 10.6 Å². The Morgan fingerprint density at radius 3 is 2.60 bits per heavy atom. The minimum absolute atomic E-state index is 0.231. The second-order valence-corrected chi connectivity index (χ2v) is 6.23. The van der Waals surface area contributed by atoms with Crippen molar-refractivity contribution in [2.24, 2.45) is 0 Å². The number of urea groups is 1. The minimum atomic E-state index is -0.852. The van der Waals surface area contributed by atoms with E-state index < -0.39 is 5.60 Å². The number of nitrogens with zero attached hydrogens (tertiary/aromatic N) is 3. The molecule has 0 bridgehead atoms. The van der Waals surface area contributed by atoms with E-state index in [-0.39, 0.29) is 12.6 Å². The van der Waals surface area contributed by atoms with Gasteiger partial charge in [-0.05, 0) is 25.0 Å². The Morgan fingerprint density at radius 1 is 1.20 bits per heavy atom. The molecule has 0 unspecified atom stereocenters. The van der Waals surface area contributed by atoms with Crippen molar-refractivity contribution in [3.8, 4) is 0 Å². The van der Waals surface area contributed by atoms with Gasteiger partial charge in [0.1, 0.15) is 5.82 Å². The summed E-state index contributed by atoms with van der Waals surface area (Å²) in [6.07, 6.45) is 6.43. The van der Waals surface area contributed by atoms with Gasteiger partial charge < -0.3 is 10.4 Å². The fourth-order valence-corrected chi connectivity index (χ4v) is 2.85. The molecule has 2 aromatic rings. The third-order valence-electron chi connectivity index (χ3n) is 4.00.